The fourth-order valence-electron chi connectivity index (χ4n) is 5.48. The van der Waals surface area contributed by atoms with Crippen LogP contribution in [-0.2, 0) is 5.41 Å². The van der Waals surface area contributed by atoms with E-state index in [0.29, 0.717) is 17.0 Å². The minimum absolute atomic E-state index is 0.0451. The van der Waals surface area contributed by atoms with Crippen LogP contribution in [-0.4, -0.2) is 38.0 Å². The molecule has 5 heteroatoms. The molecule has 1 saturated heterocycles. The van der Waals surface area contributed by atoms with Gasteiger partial charge in [-0.05, 0) is 37.0 Å². The Morgan fingerprint density at radius 2 is 1.93 bits per heavy atom. The van der Waals surface area contributed by atoms with Crippen molar-refractivity contribution >= 4 is 11.6 Å². The van der Waals surface area contributed by atoms with Crippen LogP contribution in [0.15, 0.2) is 12.3 Å². The van der Waals surface area contributed by atoms with Gasteiger partial charge in [0.2, 0.25) is 0 Å². The van der Waals surface area contributed by atoms with Gasteiger partial charge in [-0.2, -0.15) is 5.10 Å². The first-order chi connectivity index (χ1) is 12.4. The van der Waals surface area contributed by atoms with E-state index in [1.54, 1.807) is 6.20 Å². The molecule has 5 nitrogen and oxygen atoms in total. The zero-order valence-electron chi connectivity index (χ0n) is 17.8. The first kappa shape index (κ1) is 18.5. The number of aryl methyl sites for hydroxylation is 1. The van der Waals surface area contributed by atoms with Crippen LogP contribution in [0.2, 0.25) is 0 Å². The SMILES string of the molecule is Cc1c(C(=O)N2CC3(C)CC2CC(C)(C)C3)cnc2cc(C(C)(C)C)nn12. The first-order valence-electron chi connectivity index (χ1n) is 10.1. The molecular formula is C22H32N4O. The fraction of sp³-hybridized carbons (Fsp3) is 0.682. The summed E-state index contributed by atoms with van der Waals surface area (Å²) < 4.78 is 1.83. The number of amides is 1. The quantitative estimate of drug-likeness (QED) is 0.751. The second-order valence-corrected chi connectivity index (χ2v) is 11.0. The van der Waals surface area contributed by atoms with E-state index in [2.05, 4.69) is 51.4 Å². The third kappa shape index (κ3) is 3.05. The van der Waals surface area contributed by atoms with Crippen LogP contribution in [0.4, 0.5) is 0 Å². The second kappa shape index (κ2) is 5.55. The molecule has 1 aliphatic heterocycles. The lowest BCUT2D eigenvalue weighted by Crippen LogP contribution is -2.38. The molecule has 2 fully saturated rings. The van der Waals surface area contributed by atoms with Crippen LogP contribution in [0.1, 0.15) is 82.6 Å². The van der Waals surface area contributed by atoms with Gasteiger partial charge < -0.3 is 4.90 Å². The molecule has 4 rings (SSSR count). The second-order valence-electron chi connectivity index (χ2n) is 11.0. The third-order valence-electron chi connectivity index (χ3n) is 6.40. The van der Waals surface area contributed by atoms with Crippen LogP contribution < -0.4 is 0 Å². The van der Waals surface area contributed by atoms with Crippen molar-refractivity contribution in [3.05, 3.63) is 29.2 Å². The van der Waals surface area contributed by atoms with E-state index in [-0.39, 0.29) is 16.7 Å². The normalized spacial score (nSPS) is 27.4. The summed E-state index contributed by atoms with van der Waals surface area (Å²) in [5.74, 6) is 0.112. The fourth-order valence-corrected chi connectivity index (χ4v) is 5.48. The first-order valence-corrected chi connectivity index (χ1v) is 10.1. The Bertz CT molecular complexity index is 920. The van der Waals surface area contributed by atoms with Crippen molar-refractivity contribution in [3.63, 3.8) is 0 Å². The topological polar surface area (TPSA) is 50.5 Å². The van der Waals surface area contributed by atoms with Crippen LogP contribution in [0, 0.1) is 17.8 Å². The average Bonchev–Trinajstić information content (AvgIpc) is 3.05. The van der Waals surface area contributed by atoms with Crippen molar-refractivity contribution in [2.24, 2.45) is 10.8 Å². The molecule has 0 N–H and O–H groups in total. The van der Waals surface area contributed by atoms with Gasteiger partial charge in [0.25, 0.3) is 5.91 Å². The predicted octanol–water partition coefficient (Wildman–Crippen LogP) is 4.38. The Morgan fingerprint density at radius 1 is 1.22 bits per heavy atom. The highest BCUT2D eigenvalue weighted by atomic mass is 16.2. The van der Waals surface area contributed by atoms with E-state index in [9.17, 15) is 4.79 Å². The van der Waals surface area contributed by atoms with E-state index >= 15 is 0 Å². The Kier molecular flexibility index (Phi) is 3.80. The number of likely N-dealkylation sites (tertiary alicyclic amines) is 1. The van der Waals surface area contributed by atoms with Crippen molar-refractivity contribution in [3.8, 4) is 0 Å². The van der Waals surface area contributed by atoms with Gasteiger partial charge in [0.15, 0.2) is 5.65 Å². The highest BCUT2D eigenvalue weighted by molar-refractivity contribution is 5.95. The Balaban J connectivity index is 1.70. The minimum atomic E-state index is -0.0451. The standard InChI is InChI=1S/C22H32N4O/c1-14-16(11-23-18-8-17(20(2,3)4)24-26(14)18)19(27)25-13-22(7)10-15(25)9-21(5,6)12-22/h8,11,15H,9-10,12-13H2,1-7H3. The van der Waals surface area contributed by atoms with Crippen LogP contribution in [0.25, 0.3) is 5.65 Å². The van der Waals surface area contributed by atoms with Gasteiger partial charge in [-0.1, -0.05) is 41.5 Å². The predicted molar refractivity (Wildman–Crippen MR) is 107 cm³/mol. The molecule has 2 aromatic heterocycles. The molecule has 0 radical (unpaired) electrons. The number of aromatic nitrogens is 3. The van der Waals surface area contributed by atoms with Crippen LogP contribution >= 0.6 is 0 Å². The summed E-state index contributed by atoms with van der Waals surface area (Å²) in [6.07, 6.45) is 5.13. The van der Waals surface area contributed by atoms with Crippen LogP contribution in [0.5, 0.6) is 0 Å². The van der Waals surface area contributed by atoms with Gasteiger partial charge in [0.1, 0.15) is 0 Å². The summed E-state index contributed by atoms with van der Waals surface area (Å²) in [5, 5.41) is 4.74. The number of nitrogens with zero attached hydrogens (tertiary/aromatic N) is 4. The maximum Gasteiger partial charge on any atom is 0.257 e. The molecule has 3 heterocycles. The van der Waals surface area contributed by atoms with E-state index < -0.39 is 0 Å². The highest BCUT2D eigenvalue weighted by Crippen LogP contribution is 2.52. The number of carbonyl (C=O) groups excluding carboxylic acids is 1. The smallest absolute Gasteiger partial charge is 0.257 e. The zero-order chi connectivity index (χ0) is 19.8. The van der Waals surface area contributed by atoms with E-state index in [4.69, 9.17) is 5.10 Å². The summed E-state index contributed by atoms with van der Waals surface area (Å²) in [5.41, 5.74) is 3.85. The summed E-state index contributed by atoms with van der Waals surface area (Å²) in [6.45, 7) is 16.3. The molecule has 2 bridgehead atoms. The monoisotopic (exact) mass is 368 g/mol. The molecule has 2 aliphatic rings. The molecule has 1 amide bonds. The Labute approximate surface area is 162 Å². The van der Waals surface area contributed by atoms with E-state index in [0.717, 1.165) is 36.4 Å². The lowest BCUT2D eigenvalue weighted by molar-refractivity contribution is 0.0706. The molecule has 2 atom stereocenters. The molecule has 2 aromatic rings. The van der Waals surface area contributed by atoms with Crippen molar-refractivity contribution in [1.82, 2.24) is 19.5 Å². The van der Waals surface area contributed by atoms with Gasteiger partial charge in [0.05, 0.1) is 17.0 Å². The zero-order valence-corrected chi connectivity index (χ0v) is 17.8. The number of hydrogen-bond acceptors (Lipinski definition) is 3. The maximum absolute atomic E-state index is 13.5. The van der Waals surface area contributed by atoms with Crippen molar-refractivity contribution in [1.29, 1.82) is 0 Å². The molecule has 27 heavy (non-hydrogen) atoms. The Morgan fingerprint density at radius 3 is 2.59 bits per heavy atom. The van der Waals surface area contributed by atoms with Gasteiger partial charge in [0, 0.05) is 30.3 Å². The Hall–Kier alpha value is -1.91. The number of carbonyl (C=O) groups is 1. The van der Waals surface area contributed by atoms with Gasteiger partial charge in [-0.3, -0.25) is 4.79 Å². The number of fused-ring (bicyclic) bond motifs is 3. The number of rotatable bonds is 1. The largest absolute Gasteiger partial charge is 0.335 e. The van der Waals surface area contributed by atoms with Crippen LogP contribution in [0.3, 0.4) is 0 Å². The molecule has 1 saturated carbocycles. The lowest BCUT2D eigenvalue weighted by Gasteiger charge is -2.39. The third-order valence-corrected chi connectivity index (χ3v) is 6.40. The summed E-state index contributed by atoms with van der Waals surface area (Å²) >= 11 is 0. The molecule has 1 aliphatic carbocycles. The summed E-state index contributed by atoms with van der Waals surface area (Å²) in [6, 6.07) is 2.36. The molecule has 0 aromatic carbocycles. The molecular weight excluding hydrogens is 336 g/mol. The summed E-state index contributed by atoms with van der Waals surface area (Å²) in [4.78, 5) is 20.1. The maximum atomic E-state index is 13.5. The van der Waals surface area contributed by atoms with E-state index in [1.165, 1.54) is 6.42 Å². The lowest BCUT2D eigenvalue weighted by atomic mass is 9.65. The molecule has 146 valence electrons. The minimum Gasteiger partial charge on any atom is -0.335 e. The van der Waals surface area contributed by atoms with Crippen molar-refractivity contribution in [2.75, 3.05) is 6.54 Å². The molecule has 2 unspecified atom stereocenters. The van der Waals surface area contributed by atoms with Crippen molar-refractivity contribution in [2.45, 2.75) is 79.2 Å². The summed E-state index contributed by atoms with van der Waals surface area (Å²) in [7, 11) is 0. The van der Waals surface area contributed by atoms with Gasteiger partial charge in [-0.25, -0.2) is 9.50 Å². The van der Waals surface area contributed by atoms with Gasteiger partial charge in [-0.15, -0.1) is 0 Å². The molecule has 0 spiro atoms. The van der Waals surface area contributed by atoms with Crippen molar-refractivity contribution < 1.29 is 4.79 Å². The van der Waals surface area contributed by atoms with E-state index in [1.807, 2.05) is 17.5 Å². The average molecular weight is 369 g/mol. The van der Waals surface area contributed by atoms with Gasteiger partial charge >= 0.3 is 0 Å². The highest BCUT2D eigenvalue weighted by Gasteiger charge is 2.51. The number of hydrogen-bond donors (Lipinski definition) is 0.